The van der Waals surface area contributed by atoms with Crippen molar-refractivity contribution in [2.75, 3.05) is 20.0 Å². The van der Waals surface area contributed by atoms with E-state index in [-0.39, 0.29) is 17.0 Å². The Balaban J connectivity index is 3.35. The number of nitrogen functional groups attached to an aromatic ring is 1. The molecule has 0 aliphatic carbocycles. The Kier molecular flexibility index (Phi) is 2.91. The van der Waals surface area contributed by atoms with E-state index in [1.807, 2.05) is 0 Å². The third-order valence-electron chi connectivity index (χ3n) is 1.74. The second-order valence-corrected chi connectivity index (χ2v) is 2.54. The average Bonchev–Trinajstić information content (AvgIpc) is 2.20. The van der Waals surface area contributed by atoms with Crippen LogP contribution in [0.5, 0.6) is 5.75 Å². The maximum absolute atomic E-state index is 13.4. The van der Waals surface area contributed by atoms with Crippen LogP contribution in [0.3, 0.4) is 0 Å². The van der Waals surface area contributed by atoms with Crippen molar-refractivity contribution in [2.24, 2.45) is 0 Å². The highest BCUT2D eigenvalue weighted by molar-refractivity contribution is 5.93. The molecule has 0 unspecified atom stereocenters. The summed E-state index contributed by atoms with van der Waals surface area (Å²) in [5.74, 6) is -1.54. The van der Waals surface area contributed by atoms with Gasteiger partial charge in [-0.2, -0.15) is 0 Å². The SMILES string of the molecule is COC(=O)c1c(OC)ccc(N)c1F. The molecule has 0 aliphatic heterocycles. The molecule has 1 rings (SSSR count). The number of halogens is 1. The normalized spacial score (nSPS) is 9.64. The molecule has 0 aromatic heterocycles. The Morgan fingerprint density at radius 1 is 1.43 bits per heavy atom. The molecule has 76 valence electrons. The number of methoxy groups -OCH3 is 2. The fraction of sp³-hybridized carbons (Fsp3) is 0.222. The first-order valence-electron chi connectivity index (χ1n) is 3.82. The number of hydrogen-bond donors (Lipinski definition) is 1. The van der Waals surface area contributed by atoms with E-state index in [1.54, 1.807) is 0 Å². The number of carbonyl (C=O) groups is 1. The standard InChI is InChI=1S/C9H10FNO3/c1-13-6-4-3-5(11)8(10)7(6)9(12)14-2/h3-4H,11H2,1-2H3. The van der Waals surface area contributed by atoms with E-state index in [2.05, 4.69) is 4.74 Å². The van der Waals surface area contributed by atoms with Crippen LogP contribution in [0.25, 0.3) is 0 Å². The fourth-order valence-electron chi connectivity index (χ4n) is 1.04. The molecule has 0 aliphatic rings. The molecule has 1 aromatic carbocycles. The summed E-state index contributed by atoms with van der Waals surface area (Å²) in [5.41, 5.74) is 4.90. The van der Waals surface area contributed by atoms with Crippen molar-refractivity contribution in [1.29, 1.82) is 0 Å². The first kappa shape index (κ1) is 10.3. The van der Waals surface area contributed by atoms with Crippen molar-refractivity contribution in [1.82, 2.24) is 0 Å². The zero-order valence-electron chi connectivity index (χ0n) is 7.83. The molecule has 5 heteroatoms. The first-order valence-corrected chi connectivity index (χ1v) is 3.82. The predicted molar refractivity (Wildman–Crippen MR) is 48.7 cm³/mol. The van der Waals surface area contributed by atoms with E-state index in [9.17, 15) is 9.18 Å². The van der Waals surface area contributed by atoms with Gasteiger partial charge in [0.2, 0.25) is 0 Å². The third kappa shape index (κ3) is 1.61. The van der Waals surface area contributed by atoms with Crippen molar-refractivity contribution >= 4 is 11.7 Å². The largest absolute Gasteiger partial charge is 0.496 e. The first-order chi connectivity index (χ1) is 6.61. The van der Waals surface area contributed by atoms with Crippen LogP contribution in [0.15, 0.2) is 12.1 Å². The number of carbonyl (C=O) groups excluding carboxylic acids is 1. The van der Waals surface area contributed by atoms with Gasteiger partial charge in [-0.05, 0) is 12.1 Å². The molecule has 0 fully saturated rings. The number of rotatable bonds is 2. The Bertz CT molecular complexity index is 365. The van der Waals surface area contributed by atoms with Gasteiger partial charge < -0.3 is 15.2 Å². The highest BCUT2D eigenvalue weighted by atomic mass is 19.1. The van der Waals surface area contributed by atoms with E-state index in [0.717, 1.165) is 7.11 Å². The van der Waals surface area contributed by atoms with Gasteiger partial charge in [-0.1, -0.05) is 0 Å². The van der Waals surface area contributed by atoms with Gasteiger partial charge in [-0.15, -0.1) is 0 Å². The second kappa shape index (κ2) is 3.95. The minimum absolute atomic E-state index is 0.101. The molecular weight excluding hydrogens is 189 g/mol. The molecule has 0 saturated carbocycles. The van der Waals surface area contributed by atoms with Crippen molar-refractivity contribution in [2.45, 2.75) is 0 Å². The van der Waals surface area contributed by atoms with E-state index in [1.165, 1.54) is 19.2 Å². The maximum Gasteiger partial charge on any atom is 0.344 e. The number of ether oxygens (including phenoxy) is 2. The smallest absolute Gasteiger partial charge is 0.344 e. The van der Waals surface area contributed by atoms with E-state index < -0.39 is 11.8 Å². The van der Waals surface area contributed by atoms with Gasteiger partial charge in [0.25, 0.3) is 0 Å². The second-order valence-electron chi connectivity index (χ2n) is 2.54. The Morgan fingerprint density at radius 3 is 2.57 bits per heavy atom. The van der Waals surface area contributed by atoms with Gasteiger partial charge >= 0.3 is 5.97 Å². The minimum Gasteiger partial charge on any atom is -0.496 e. The third-order valence-corrected chi connectivity index (χ3v) is 1.74. The van der Waals surface area contributed by atoms with Crippen LogP contribution >= 0.6 is 0 Å². The molecule has 1 aromatic rings. The highest BCUT2D eigenvalue weighted by Crippen LogP contribution is 2.26. The molecule has 4 nitrogen and oxygen atoms in total. The number of anilines is 1. The van der Waals surface area contributed by atoms with Gasteiger partial charge in [0, 0.05) is 0 Å². The lowest BCUT2D eigenvalue weighted by atomic mass is 10.1. The zero-order chi connectivity index (χ0) is 10.7. The van der Waals surface area contributed by atoms with Crippen molar-refractivity contribution < 1.29 is 18.7 Å². The van der Waals surface area contributed by atoms with E-state index in [4.69, 9.17) is 10.5 Å². The summed E-state index contributed by atoms with van der Waals surface area (Å²) in [6, 6.07) is 2.73. The summed E-state index contributed by atoms with van der Waals surface area (Å²) in [6.07, 6.45) is 0. The number of hydrogen-bond acceptors (Lipinski definition) is 4. The maximum atomic E-state index is 13.4. The van der Waals surface area contributed by atoms with Crippen LogP contribution in [-0.4, -0.2) is 20.2 Å². The van der Waals surface area contributed by atoms with Crippen molar-refractivity contribution in [3.8, 4) is 5.75 Å². The monoisotopic (exact) mass is 199 g/mol. The topological polar surface area (TPSA) is 61.5 Å². The number of benzene rings is 1. The molecule has 2 N–H and O–H groups in total. The Hall–Kier alpha value is -1.78. The average molecular weight is 199 g/mol. The number of nitrogens with two attached hydrogens (primary N) is 1. The summed E-state index contributed by atoms with van der Waals surface area (Å²) in [5, 5.41) is 0. The fourth-order valence-corrected chi connectivity index (χ4v) is 1.04. The summed E-state index contributed by atoms with van der Waals surface area (Å²) in [4.78, 5) is 11.2. The quantitative estimate of drug-likeness (QED) is 0.574. The lowest BCUT2D eigenvalue weighted by Crippen LogP contribution is -2.09. The molecule has 0 saturated heterocycles. The van der Waals surface area contributed by atoms with Gasteiger partial charge in [0.15, 0.2) is 5.82 Å². The lowest BCUT2D eigenvalue weighted by molar-refractivity contribution is 0.0591. The minimum atomic E-state index is -0.823. The number of esters is 1. The predicted octanol–water partition coefficient (Wildman–Crippen LogP) is 1.20. The van der Waals surface area contributed by atoms with Crippen molar-refractivity contribution in [3.63, 3.8) is 0 Å². The molecular formula is C9H10FNO3. The van der Waals surface area contributed by atoms with Gasteiger partial charge in [-0.25, -0.2) is 9.18 Å². The van der Waals surface area contributed by atoms with Crippen LogP contribution in [0.2, 0.25) is 0 Å². The Morgan fingerprint density at radius 2 is 2.07 bits per heavy atom. The summed E-state index contributed by atoms with van der Waals surface area (Å²) >= 11 is 0. The summed E-state index contributed by atoms with van der Waals surface area (Å²) in [6.45, 7) is 0. The van der Waals surface area contributed by atoms with Crippen LogP contribution in [0.4, 0.5) is 10.1 Å². The van der Waals surface area contributed by atoms with Gasteiger partial charge in [-0.3, -0.25) is 0 Å². The van der Waals surface area contributed by atoms with Crippen LogP contribution < -0.4 is 10.5 Å². The van der Waals surface area contributed by atoms with Crippen LogP contribution in [0.1, 0.15) is 10.4 Å². The molecule has 0 atom stereocenters. The van der Waals surface area contributed by atoms with Gasteiger partial charge in [0.05, 0.1) is 19.9 Å². The van der Waals surface area contributed by atoms with E-state index >= 15 is 0 Å². The molecule has 0 heterocycles. The molecule has 0 radical (unpaired) electrons. The molecule has 0 amide bonds. The van der Waals surface area contributed by atoms with Gasteiger partial charge in [0.1, 0.15) is 11.3 Å². The molecule has 14 heavy (non-hydrogen) atoms. The van der Waals surface area contributed by atoms with E-state index in [0.29, 0.717) is 0 Å². The van der Waals surface area contributed by atoms with Crippen LogP contribution in [-0.2, 0) is 4.74 Å². The lowest BCUT2D eigenvalue weighted by Gasteiger charge is -2.08. The summed E-state index contributed by atoms with van der Waals surface area (Å²) in [7, 11) is 2.49. The Labute approximate surface area is 80.4 Å². The van der Waals surface area contributed by atoms with Crippen LogP contribution in [0, 0.1) is 5.82 Å². The summed E-state index contributed by atoms with van der Waals surface area (Å²) < 4.78 is 22.6. The molecule has 0 bridgehead atoms. The highest BCUT2D eigenvalue weighted by Gasteiger charge is 2.20. The zero-order valence-corrected chi connectivity index (χ0v) is 7.83. The molecule has 0 spiro atoms. The van der Waals surface area contributed by atoms with Crippen molar-refractivity contribution in [3.05, 3.63) is 23.5 Å².